The maximum Gasteiger partial charge on any atom is 0.341 e. The van der Waals surface area contributed by atoms with Crippen molar-refractivity contribution in [1.82, 2.24) is 4.57 Å². The molecule has 0 bridgehead atoms. The Kier molecular flexibility index (Phi) is 4.96. The molecule has 2 aliphatic rings. The number of aliphatic hydroxyl groups is 1. The van der Waals surface area contributed by atoms with Gasteiger partial charge in [0.1, 0.15) is 17.7 Å². The first-order chi connectivity index (χ1) is 13.9. The van der Waals surface area contributed by atoms with E-state index in [4.69, 9.17) is 0 Å². The van der Waals surface area contributed by atoms with Crippen molar-refractivity contribution in [3.05, 3.63) is 52.3 Å². The number of hydrogen-bond acceptors (Lipinski definition) is 3. The third-order valence-electron chi connectivity index (χ3n) is 5.83. The Morgan fingerprint density at radius 2 is 1.83 bits per heavy atom. The van der Waals surface area contributed by atoms with Crippen LogP contribution in [0.1, 0.15) is 53.8 Å². The third-order valence-corrected chi connectivity index (χ3v) is 7.23. The van der Waals surface area contributed by atoms with Crippen molar-refractivity contribution in [3.8, 4) is 0 Å². The number of alkyl halides is 4. The minimum Gasteiger partial charge on any atom is -0.382 e. The fourth-order valence-electron chi connectivity index (χ4n) is 4.47. The molecule has 2 aliphatic carbocycles. The summed E-state index contributed by atoms with van der Waals surface area (Å²) in [6.07, 6.45) is -1.96. The van der Waals surface area contributed by atoms with Crippen LogP contribution in [0.4, 0.5) is 26.3 Å². The average molecular weight is 453 g/mol. The predicted molar refractivity (Wildman–Crippen MR) is 93.3 cm³/mol. The first kappa shape index (κ1) is 21.2. The van der Waals surface area contributed by atoms with Crippen LogP contribution in [-0.4, -0.2) is 29.8 Å². The first-order valence-electron chi connectivity index (χ1n) is 9.24. The van der Waals surface area contributed by atoms with Crippen molar-refractivity contribution >= 4 is 9.84 Å². The van der Waals surface area contributed by atoms with Gasteiger partial charge in [-0.15, -0.1) is 0 Å². The summed E-state index contributed by atoms with van der Waals surface area (Å²) in [4.78, 5) is -1.09. The van der Waals surface area contributed by atoms with E-state index in [0.717, 1.165) is 12.3 Å². The Bertz CT molecular complexity index is 1110. The SMILES string of the molecule is O=S(=O)(c1cn([C@H]2CCCc3cc(F)cc(F)c32)c2c1[C@H](O)C(F)(F)CC2)C(F)F. The number of rotatable bonds is 3. The highest BCUT2D eigenvalue weighted by Gasteiger charge is 2.49. The van der Waals surface area contributed by atoms with Crippen molar-refractivity contribution in [3.63, 3.8) is 0 Å². The number of hydrogen-bond donors (Lipinski definition) is 1. The molecule has 1 N–H and O–H groups in total. The molecular weight excluding hydrogens is 436 g/mol. The Morgan fingerprint density at radius 1 is 1.13 bits per heavy atom. The van der Waals surface area contributed by atoms with E-state index in [1.807, 2.05) is 0 Å². The standard InChI is InChI=1S/C19H17F6NO3S/c20-10-6-9-2-1-3-12(15(9)11(21)7-10)26-8-14(30(28,29)18(22)23)16-13(26)4-5-19(24,25)17(16)27/h6-8,12,17-18,27H,1-5H2/t12-,17-/m0/s1. The molecule has 1 aromatic heterocycles. The van der Waals surface area contributed by atoms with Crippen LogP contribution in [0.25, 0.3) is 0 Å². The summed E-state index contributed by atoms with van der Waals surface area (Å²) in [6.45, 7) is 0. The van der Waals surface area contributed by atoms with Gasteiger partial charge in [0, 0.05) is 35.5 Å². The van der Waals surface area contributed by atoms with Crippen LogP contribution in [0, 0.1) is 11.6 Å². The monoisotopic (exact) mass is 453 g/mol. The van der Waals surface area contributed by atoms with E-state index in [9.17, 15) is 39.9 Å². The zero-order valence-electron chi connectivity index (χ0n) is 15.4. The molecule has 0 spiro atoms. The Labute approximate surface area is 168 Å². The van der Waals surface area contributed by atoms with E-state index >= 15 is 0 Å². The van der Waals surface area contributed by atoms with Crippen LogP contribution in [0.15, 0.2) is 23.2 Å². The normalized spacial score (nSPS) is 23.3. The lowest BCUT2D eigenvalue weighted by molar-refractivity contribution is -0.123. The molecule has 1 aromatic carbocycles. The molecule has 0 saturated heterocycles. The molecule has 11 heteroatoms. The highest BCUT2D eigenvalue weighted by Crippen LogP contribution is 2.48. The molecule has 2 aromatic rings. The molecule has 0 radical (unpaired) electrons. The van der Waals surface area contributed by atoms with Crippen LogP contribution < -0.4 is 0 Å². The molecule has 2 atom stereocenters. The van der Waals surface area contributed by atoms with Gasteiger partial charge in [-0.05, 0) is 37.3 Å². The fraction of sp³-hybridized carbons (Fsp3) is 0.474. The van der Waals surface area contributed by atoms with Gasteiger partial charge >= 0.3 is 5.76 Å². The minimum atomic E-state index is -5.31. The van der Waals surface area contributed by atoms with Gasteiger partial charge in [-0.3, -0.25) is 0 Å². The molecular formula is C19H17F6NO3S. The van der Waals surface area contributed by atoms with E-state index in [1.165, 1.54) is 4.57 Å². The summed E-state index contributed by atoms with van der Waals surface area (Å²) in [5.74, 6) is -9.27. The smallest absolute Gasteiger partial charge is 0.341 e. The second-order valence-electron chi connectivity index (χ2n) is 7.60. The van der Waals surface area contributed by atoms with Crippen LogP contribution in [0.3, 0.4) is 0 Å². The van der Waals surface area contributed by atoms with Crippen LogP contribution in [0.2, 0.25) is 0 Å². The van der Waals surface area contributed by atoms with Crippen LogP contribution in [0.5, 0.6) is 0 Å². The fourth-order valence-corrected chi connectivity index (χ4v) is 5.46. The maximum atomic E-state index is 14.6. The van der Waals surface area contributed by atoms with Crippen molar-refractivity contribution in [2.75, 3.05) is 0 Å². The molecule has 4 nitrogen and oxygen atoms in total. The van der Waals surface area contributed by atoms with E-state index in [-0.39, 0.29) is 17.7 Å². The molecule has 164 valence electrons. The number of aromatic nitrogens is 1. The minimum absolute atomic E-state index is 0.0609. The summed E-state index contributed by atoms with van der Waals surface area (Å²) < 4.78 is 108. The molecule has 30 heavy (non-hydrogen) atoms. The zero-order valence-corrected chi connectivity index (χ0v) is 16.2. The Hall–Kier alpha value is -2.01. The van der Waals surface area contributed by atoms with Gasteiger partial charge in [-0.25, -0.2) is 26.0 Å². The summed E-state index contributed by atoms with van der Waals surface area (Å²) in [5, 5.41) is 10.1. The zero-order chi connectivity index (χ0) is 22.0. The van der Waals surface area contributed by atoms with Crippen LogP contribution >= 0.6 is 0 Å². The highest BCUT2D eigenvalue weighted by atomic mass is 32.2. The molecule has 0 fully saturated rings. The lowest BCUT2D eigenvalue weighted by Gasteiger charge is -2.33. The van der Waals surface area contributed by atoms with Gasteiger partial charge in [-0.2, -0.15) is 8.78 Å². The van der Waals surface area contributed by atoms with Crippen molar-refractivity contribution < 1.29 is 39.9 Å². The molecule has 0 aliphatic heterocycles. The van der Waals surface area contributed by atoms with Crippen molar-refractivity contribution in [1.29, 1.82) is 0 Å². The largest absolute Gasteiger partial charge is 0.382 e. The molecule has 1 heterocycles. The predicted octanol–water partition coefficient (Wildman–Crippen LogP) is 4.30. The quantitative estimate of drug-likeness (QED) is 0.705. The second-order valence-corrected chi connectivity index (χ2v) is 9.48. The number of fused-ring (bicyclic) bond motifs is 2. The maximum absolute atomic E-state index is 14.6. The van der Waals surface area contributed by atoms with Crippen molar-refractivity contribution in [2.45, 2.75) is 60.8 Å². The lowest BCUT2D eigenvalue weighted by atomic mass is 9.86. The number of nitrogens with zero attached hydrogens (tertiary/aromatic N) is 1. The summed E-state index contributed by atoms with van der Waals surface area (Å²) in [5.41, 5.74) is -0.435. The summed E-state index contributed by atoms with van der Waals surface area (Å²) in [6, 6.07) is 0.899. The number of aryl methyl sites for hydroxylation is 1. The molecule has 4 rings (SSSR count). The van der Waals surface area contributed by atoms with Gasteiger partial charge < -0.3 is 9.67 Å². The van der Waals surface area contributed by atoms with Gasteiger partial charge in [0.25, 0.3) is 5.92 Å². The summed E-state index contributed by atoms with van der Waals surface area (Å²) >= 11 is 0. The number of benzene rings is 1. The Morgan fingerprint density at radius 3 is 2.50 bits per heavy atom. The van der Waals surface area contributed by atoms with E-state index < -0.39 is 68.6 Å². The van der Waals surface area contributed by atoms with Gasteiger partial charge in [0.05, 0.1) is 10.9 Å². The number of aliphatic hydroxyl groups excluding tert-OH is 1. The topological polar surface area (TPSA) is 59.3 Å². The molecule has 0 unspecified atom stereocenters. The first-order valence-corrected chi connectivity index (χ1v) is 10.8. The van der Waals surface area contributed by atoms with Crippen LogP contribution in [-0.2, 0) is 22.7 Å². The summed E-state index contributed by atoms with van der Waals surface area (Å²) in [7, 11) is -5.31. The number of halogens is 6. The van der Waals surface area contributed by atoms with Gasteiger partial charge in [0.15, 0.2) is 0 Å². The average Bonchev–Trinajstić information content (AvgIpc) is 3.04. The lowest BCUT2D eigenvalue weighted by Crippen LogP contribution is -2.33. The highest BCUT2D eigenvalue weighted by molar-refractivity contribution is 7.91. The number of sulfone groups is 1. The Balaban J connectivity index is 1.97. The molecule has 0 amide bonds. The van der Waals surface area contributed by atoms with Gasteiger partial charge in [-0.1, -0.05) is 0 Å². The van der Waals surface area contributed by atoms with Crippen molar-refractivity contribution in [2.24, 2.45) is 0 Å². The second kappa shape index (κ2) is 7.01. The van der Waals surface area contributed by atoms with E-state index in [2.05, 4.69) is 0 Å². The van der Waals surface area contributed by atoms with E-state index in [1.54, 1.807) is 0 Å². The third kappa shape index (κ3) is 3.13. The van der Waals surface area contributed by atoms with E-state index in [0.29, 0.717) is 24.5 Å². The van der Waals surface area contributed by atoms with Gasteiger partial charge in [0.2, 0.25) is 9.84 Å². The molecule has 0 saturated carbocycles.